The second kappa shape index (κ2) is 7.06. The van der Waals surface area contributed by atoms with E-state index >= 15 is 0 Å². The number of aryl methyl sites for hydroxylation is 1. The van der Waals surface area contributed by atoms with Crippen LogP contribution in [0.4, 0.5) is 0 Å². The van der Waals surface area contributed by atoms with Crippen LogP contribution in [0.15, 0.2) is 24.3 Å². The quantitative estimate of drug-likeness (QED) is 0.827. The molecule has 1 atom stereocenters. The fraction of sp³-hybridized carbons (Fsp3) is 0.385. The molecule has 0 spiro atoms. The third kappa shape index (κ3) is 4.79. The highest BCUT2D eigenvalue weighted by molar-refractivity contribution is 7.99. The lowest BCUT2D eigenvalue weighted by atomic mass is 10.0. The Balaban J connectivity index is 2.80. The second-order valence-electron chi connectivity index (χ2n) is 4.06. The Morgan fingerprint density at radius 1 is 1.33 bits per heavy atom. The van der Waals surface area contributed by atoms with Crippen LogP contribution in [0, 0.1) is 6.92 Å². The molecule has 4 nitrogen and oxygen atoms in total. The first-order chi connectivity index (χ1) is 8.52. The van der Waals surface area contributed by atoms with Crippen molar-refractivity contribution < 1.29 is 14.7 Å². The van der Waals surface area contributed by atoms with E-state index in [9.17, 15) is 9.59 Å². The molecule has 98 valence electrons. The summed E-state index contributed by atoms with van der Waals surface area (Å²) in [5.74, 6) is -0.735. The molecular weight excluding hydrogens is 250 g/mol. The number of aliphatic carboxylic acids is 1. The summed E-state index contributed by atoms with van der Waals surface area (Å²) in [4.78, 5) is 22.4. The number of carboxylic acid groups (broad SMARTS) is 1. The zero-order valence-corrected chi connectivity index (χ0v) is 11.3. The molecule has 1 amide bonds. The van der Waals surface area contributed by atoms with Crippen LogP contribution in [0.25, 0.3) is 0 Å². The highest BCUT2D eigenvalue weighted by Crippen LogP contribution is 2.17. The minimum atomic E-state index is -0.926. The number of carbonyl (C=O) groups is 2. The van der Waals surface area contributed by atoms with E-state index in [1.165, 1.54) is 11.8 Å². The van der Waals surface area contributed by atoms with E-state index in [0.717, 1.165) is 11.1 Å². The largest absolute Gasteiger partial charge is 0.481 e. The third-order valence-electron chi connectivity index (χ3n) is 2.47. The van der Waals surface area contributed by atoms with Gasteiger partial charge in [0.2, 0.25) is 5.91 Å². The molecular formula is C13H17NO3S. The number of rotatable bonds is 6. The molecule has 0 saturated heterocycles. The summed E-state index contributed by atoms with van der Waals surface area (Å²) < 4.78 is 0. The summed E-state index contributed by atoms with van der Waals surface area (Å²) in [6.45, 7) is 1.96. The molecule has 0 aliphatic rings. The van der Waals surface area contributed by atoms with Crippen LogP contribution < -0.4 is 5.32 Å². The molecule has 18 heavy (non-hydrogen) atoms. The topological polar surface area (TPSA) is 66.4 Å². The zero-order chi connectivity index (χ0) is 13.5. The van der Waals surface area contributed by atoms with Gasteiger partial charge in [-0.05, 0) is 18.7 Å². The predicted octanol–water partition coefficient (Wildman–Crippen LogP) is 1.99. The van der Waals surface area contributed by atoms with E-state index in [0.29, 0.717) is 5.75 Å². The minimum absolute atomic E-state index is 0.108. The number of thioether (sulfide) groups is 1. The average Bonchev–Trinajstić information content (AvgIpc) is 2.28. The lowest BCUT2D eigenvalue weighted by molar-refractivity contribution is -0.137. The maximum Gasteiger partial charge on any atom is 0.305 e. The van der Waals surface area contributed by atoms with Gasteiger partial charge in [-0.15, -0.1) is 0 Å². The van der Waals surface area contributed by atoms with Crippen molar-refractivity contribution in [2.75, 3.05) is 12.0 Å². The SMILES string of the molecule is CSCC(=O)N[C@@H](CC(=O)O)c1ccc(C)cc1. The number of hydrogen-bond donors (Lipinski definition) is 2. The molecule has 0 aliphatic heterocycles. The molecule has 0 heterocycles. The van der Waals surface area contributed by atoms with E-state index in [-0.39, 0.29) is 12.3 Å². The van der Waals surface area contributed by atoms with Gasteiger partial charge in [-0.1, -0.05) is 29.8 Å². The Bertz CT molecular complexity index is 417. The van der Waals surface area contributed by atoms with Gasteiger partial charge in [0.15, 0.2) is 0 Å². The van der Waals surface area contributed by atoms with Crippen molar-refractivity contribution in [1.29, 1.82) is 0 Å². The molecule has 0 bridgehead atoms. The molecule has 0 fully saturated rings. The first-order valence-corrected chi connectivity index (χ1v) is 6.99. The highest BCUT2D eigenvalue weighted by atomic mass is 32.2. The van der Waals surface area contributed by atoms with Crippen molar-refractivity contribution in [3.8, 4) is 0 Å². The number of benzene rings is 1. The number of carbonyl (C=O) groups excluding carboxylic acids is 1. The molecule has 5 heteroatoms. The van der Waals surface area contributed by atoms with Gasteiger partial charge in [0.05, 0.1) is 18.2 Å². The van der Waals surface area contributed by atoms with E-state index in [4.69, 9.17) is 5.11 Å². The molecule has 0 radical (unpaired) electrons. The van der Waals surface area contributed by atoms with Gasteiger partial charge in [0, 0.05) is 0 Å². The summed E-state index contributed by atoms with van der Waals surface area (Å²) in [6, 6.07) is 7.04. The molecule has 1 aromatic carbocycles. The summed E-state index contributed by atoms with van der Waals surface area (Å²) in [5.41, 5.74) is 1.92. The number of carboxylic acids is 1. The van der Waals surface area contributed by atoms with E-state index < -0.39 is 12.0 Å². The lowest BCUT2D eigenvalue weighted by Crippen LogP contribution is -2.31. The van der Waals surface area contributed by atoms with Crippen molar-refractivity contribution in [1.82, 2.24) is 5.32 Å². The Morgan fingerprint density at radius 3 is 2.44 bits per heavy atom. The zero-order valence-electron chi connectivity index (χ0n) is 10.5. The maximum absolute atomic E-state index is 11.6. The molecule has 1 aromatic rings. The van der Waals surface area contributed by atoms with E-state index in [1.807, 2.05) is 37.4 Å². The molecule has 0 aliphatic carbocycles. The van der Waals surface area contributed by atoms with Crippen LogP contribution in [0.5, 0.6) is 0 Å². The number of amides is 1. The van der Waals surface area contributed by atoms with Gasteiger partial charge < -0.3 is 10.4 Å². The van der Waals surface area contributed by atoms with Gasteiger partial charge in [-0.25, -0.2) is 0 Å². The Kier molecular flexibility index (Phi) is 5.71. The maximum atomic E-state index is 11.6. The van der Waals surface area contributed by atoms with Crippen LogP contribution >= 0.6 is 11.8 Å². The highest BCUT2D eigenvalue weighted by Gasteiger charge is 2.17. The first kappa shape index (κ1) is 14.6. The van der Waals surface area contributed by atoms with Crippen LogP contribution in [-0.2, 0) is 9.59 Å². The summed E-state index contributed by atoms with van der Waals surface area (Å²) in [7, 11) is 0. The fourth-order valence-electron chi connectivity index (χ4n) is 1.59. The molecule has 1 rings (SSSR count). The van der Waals surface area contributed by atoms with Gasteiger partial charge in [0.25, 0.3) is 0 Å². The third-order valence-corrected chi connectivity index (χ3v) is 3.02. The smallest absolute Gasteiger partial charge is 0.305 e. The van der Waals surface area contributed by atoms with Gasteiger partial charge in [0.1, 0.15) is 0 Å². The van der Waals surface area contributed by atoms with Gasteiger partial charge in [-0.3, -0.25) is 9.59 Å². The van der Waals surface area contributed by atoms with Crippen LogP contribution in [0.3, 0.4) is 0 Å². The molecule has 0 aromatic heterocycles. The number of hydrogen-bond acceptors (Lipinski definition) is 3. The summed E-state index contributed by atoms with van der Waals surface area (Å²) >= 11 is 1.41. The Hall–Kier alpha value is -1.49. The van der Waals surface area contributed by atoms with Gasteiger partial charge in [-0.2, -0.15) is 11.8 Å². The second-order valence-corrected chi connectivity index (χ2v) is 4.93. The predicted molar refractivity (Wildman–Crippen MR) is 72.7 cm³/mol. The van der Waals surface area contributed by atoms with Crippen molar-refractivity contribution in [2.45, 2.75) is 19.4 Å². The summed E-state index contributed by atoms with van der Waals surface area (Å²) in [5, 5.41) is 11.6. The first-order valence-electron chi connectivity index (χ1n) is 5.59. The monoisotopic (exact) mass is 267 g/mol. The van der Waals surface area contributed by atoms with Crippen molar-refractivity contribution in [3.05, 3.63) is 35.4 Å². The van der Waals surface area contributed by atoms with Crippen LogP contribution in [0.2, 0.25) is 0 Å². The average molecular weight is 267 g/mol. The molecule has 0 saturated carbocycles. The van der Waals surface area contributed by atoms with E-state index in [2.05, 4.69) is 5.32 Å². The standard InChI is InChI=1S/C13H17NO3S/c1-9-3-5-10(6-4-9)11(7-13(16)17)14-12(15)8-18-2/h3-6,11H,7-8H2,1-2H3,(H,14,15)(H,16,17)/t11-/m0/s1. The molecule has 0 unspecified atom stereocenters. The van der Waals surface area contributed by atoms with E-state index in [1.54, 1.807) is 0 Å². The summed E-state index contributed by atoms with van der Waals surface area (Å²) in [6.07, 6.45) is 1.72. The van der Waals surface area contributed by atoms with Crippen LogP contribution in [-0.4, -0.2) is 29.0 Å². The van der Waals surface area contributed by atoms with Crippen molar-refractivity contribution >= 4 is 23.6 Å². The van der Waals surface area contributed by atoms with Crippen LogP contribution in [0.1, 0.15) is 23.6 Å². The Morgan fingerprint density at radius 2 is 1.94 bits per heavy atom. The lowest BCUT2D eigenvalue weighted by Gasteiger charge is -2.17. The Labute approximate surface area is 111 Å². The van der Waals surface area contributed by atoms with Crippen molar-refractivity contribution in [2.24, 2.45) is 0 Å². The fourth-order valence-corrected chi connectivity index (χ4v) is 1.94. The van der Waals surface area contributed by atoms with Crippen molar-refractivity contribution in [3.63, 3.8) is 0 Å². The minimum Gasteiger partial charge on any atom is -0.481 e. The number of nitrogens with one attached hydrogen (secondary N) is 1. The van der Waals surface area contributed by atoms with Gasteiger partial charge >= 0.3 is 5.97 Å². The normalized spacial score (nSPS) is 11.9. The molecule has 2 N–H and O–H groups in total.